The van der Waals surface area contributed by atoms with Gasteiger partial charge >= 0.3 is 5.97 Å². The lowest BCUT2D eigenvalue weighted by Gasteiger charge is -2.45. The molecule has 3 aromatic rings. The van der Waals surface area contributed by atoms with Crippen molar-refractivity contribution in [1.82, 2.24) is 4.98 Å². The van der Waals surface area contributed by atoms with E-state index in [2.05, 4.69) is 11.1 Å². The number of aliphatic hydroxyl groups is 4. The lowest BCUT2D eigenvalue weighted by molar-refractivity contribution is -0.385. The summed E-state index contributed by atoms with van der Waals surface area (Å²) in [6.45, 7) is 1.47. The Bertz CT molecular complexity index is 1260. The highest BCUT2D eigenvalue weighted by Crippen LogP contribution is 2.37. The number of aryl methyl sites for hydroxylation is 2. The fourth-order valence-electron chi connectivity index (χ4n) is 4.74. The number of aromatic amines is 1. The molecule has 0 amide bonds. The maximum atomic E-state index is 11.1. The molecule has 5 rings (SSSR count). The van der Waals surface area contributed by atoms with Crippen LogP contribution >= 0.6 is 0 Å². The number of benzene rings is 2. The van der Waals surface area contributed by atoms with Gasteiger partial charge in [-0.2, -0.15) is 0 Å². The van der Waals surface area contributed by atoms with Crippen LogP contribution in [0.25, 0.3) is 10.9 Å². The van der Waals surface area contributed by atoms with Crippen LogP contribution in [0.1, 0.15) is 23.6 Å². The highest BCUT2D eigenvalue weighted by Gasteiger charge is 2.57. The van der Waals surface area contributed by atoms with Crippen molar-refractivity contribution in [2.75, 3.05) is 13.2 Å². The van der Waals surface area contributed by atoms with Crippen LogP contribution in [0.3, 0.4) is 0 Å². The summed E-state index contributed by atoms with van der Waals surface area (Å²) >= 11 is 0. The van der Waals surface area contributed by atoms with Crippen molar-refractivity contribution < 1.29 is 44.2 Å². The summed E-state index contributed by atoms with van der Waals surface area (Å²) in [5, 5.41) is 43.4. The number of hydrogen-bond acceptors (Lipinski definition) is 9. The lowest BCUT2D eigenvalue weighted by atomic mass is 9.95. The zero-order chi connectivity index (χ0) is 25.4. The van der Waals surface area contributed by atoms with Crippen molar-refractivity contribution in [3.05, 3.63) is 59.3 Å². The summed E-state index contributed by atoms with van der Waals surface area (Å²) in [5.74, 6) is -2.17. The molecule has 2 aliphatic heterocycles. The molecule has 0 aliphatic carbocycles. The number of carbonyl (C=O) groups is 1. The minimum absolute atomic E-state index is 0.195. The Kier molecular flexibility index (Phi) is 6.62. The molecule has 0 bridgehead atoms. The van der Waals surface area contributed by atoms with E-state index in [4.69, 9.17) is 18.9 Å². The molecule has 192 valence electrons. The first-order chi connectivity index (χ1) is 17.3. The second-order valence-corrected chi connectivity index (χ2v) is 9.15. The SMILES string of the molecule is CC(=O)OC[C@H]1O[C@H](O)[C@@](O)(Oc2cccc3[nH]cc(CCc4ccc5c(c4)CCO5)c23)[C@@H](O)[C@@H]1O. The number of hydrogen-bond donors (Lipinski definition) is 5. The minimum Gasteiger partial charge on any atom is -0.493 e. The van der Waals surface area contributed by atoms with Gasteiger partial charge in [0.25, 0.3) is 5.79 Å². The summed E-state index contributed by atoms with van der Waals surface area (Å²) in [7, 11) is 0. The summed E-state index contributed by atoms with van der Waals surface area (Å²) in [6, 6.07) is 11.3. The van der Waals surface area contributed by atoms with Gasteiger partial charge in [0.1, 0.15) is 30.3 Å². The second kappa shape index (κ2) is 9.72. The third kappa shape index (κ3) is 4.54. The monoisotopic (exact) mass is 499 g/mol. The first-order valence-corrected chi connectivity index (χ1v) is 11.8. The number of H-pyrrole nitrogens is 1. The van der Waals surface area contributed by atoms with Crippen molar-refractivity contribution in [3.63, 3.8) is 0 Å². The van der Waals surface area contributed by atoms with Crippen LogP contribution in [0.15, 0.2) is 42.6 Å². The zero-order valence-corrected chi connectivity index (χ0v) is 19.7. The van der Waals surface area contributed by atoms with Crippen molar-refractivity contribution in [2.45, 2.75) is 56.6 Å². The molecule has 36 heavy (non-hydrogen) atoms. The van der Waals surface area contributed by atoms with Crippen LogP contribution in [0, 0.1) is 0 Å². The Labute approximate surface area is 207 Å². The molecule has 2 aliphatic rings. The third-order valence-electron chi connectivity index (χ3n) is 6.70. The number of esters is 1. The Morgan fingerprint density at radius 3 is 2.83 bits per heavy atom. The van der Waals surface area contributed by atoms with Gasteiger partial charge < -0.3 is 44.4 Å². The molecule has 0 spiro atoms. The first kappa shape index (κ1) is 24.5. The maximum Gasteiger partial charge on any atom is 0.302 e. The van der Waals surface area contributed by atoms with Crippen LogP contribution in [0.5, 0.6) is 11.5 Å². The largest absolute Gasteiger partial charge is 0.493 e. The fraction of sp³-hybridized carbons (Fsp3) is 0.423. The normalized spacial score (nSPS) is 27.5. The van der Waals surface area contributed by atoms with Crippen LogP contribution < -0.4 is 9.47 Å². The standard InChI is InChI=1S/C26H29NO9/c1-14(28)34-13-21-23(29)24(30)26(32,25(31)35-21)36-20-4-2-3-18-22(20)17(12-27-18)7-5-15-6-8-19-16(11-15)9-10-33-19/h2-4,6,8,11-12,21,23-25,27,29-32H,5,7,9-10,13H2,1H3/t21-,23-,24+,25+,26+/m1/s1. The van der Waals surface area contributed by atoms with Crippen molar-refractivity contribution in [2.24, 2.45) is 0 Å². The van der Waals surface area contributed by atoms with E-state index in [0.29, 0.717) is 18.4 Å². The molecule has 5 N–H and O–H groups in total. The van der Waals surface area contributed by atoms with Crippen LogP contribution in [0.2, 0.25) is 0 Å². The number of rotatable bonds is 7. The molecule has 10 nitrogen and oxygen atoms in total. The first-order valence-electron chi connectivity index (χ1n) is 11.8. The highest BCUT2D eigenvalue weighted by molar-refractivity contribution is 5.89. The molecule has 0 radical (unpaired) electrons. The second-order valence-electron chi connectivity index (χ2n) is 9.15. The van der Waals surface area contributed by atoms with Gasteiger partial charge in [-0.15, -0.1) is 0 Å². The molecule has 2 aromatic carbocycles. The maximum absolute atomic E-state index is 11.1. The van der Waals surface area contributed by atoms with Crippen molar-refractivity contribution in [3.8, 4) is 11.5 Å². The van der Waals surface area contributed by atoms with Crippen LogP contribution in [-0.2, 0) is 33.5 Å². The Morgan fingerprint density at radius 1 is 1.19 bits per heavy atom. The highest BCUT2D eigenvalue weighted by atomic mass is 16.7. The predicted molar refractivity (Wildman–Crippen MR) is 126 cm³/mol. The van der Waals surface area contributed by atoms with E-state index in [1.165, 1.54) is 18.1 Å². The van der Waals surface area contributed by atoms with E-state index in [1.54, 1.807) is 12.1 Å². The average Bonchev–Trinajstić information content (AvgIpc) is 3.50. The van der Waals surface area contributed by atoms with E-state index >= 15 is 0 Å². The third-order valence-corrected chi connectivity index (χ3v) is 6.70. The van der Waals surface area contributed by atoms with E-state index in [9.17, 15) is 25.2 Å². The van der Waals surface area contributed by atoms with Gasteiger partial charge in [0.05, 0.1) is 6.61 Å². The molecular formula is C26H29NO9. The molecule has 0 unspecified atom stereocenters. The molecule has 5 atom stereocenters. The van der Waals surface area contributed by atoms with Gasteiger partial charge in [-0.3, -0.25) is 4.79 Å². The van der Waals surface area contributed by atoms with E-state index in [-0.39, 0.29) is 5.75 Å². The van der Waals surface area contributed by atoms with E-state index < -0.39 is 43.0 Å². The van der Waals surface area contributed by atoms with Gasteiger partial charge in [0.15, 0.2) is 6.10 Å². The molecule has 1 saturated heterocycles. The number of fused-ring (bicyclic) bond motifs is 2. The molecule has 10 heteroatoms. The summed E-state index contributed by atoms with van der Waals surface area (Å²) in [5.41, 5.74) is 4.01. The molecular weight excluding hydrogens is 470 g/mol. The van der Waals surface area contributed by atoms with Crippen molar-refractivity contribution >= 4 is 16.9 Å². The molecule has 3 heterocycles. The van der Waals surface area contributed by atoms with E-state index in [1.807, 2.05) is 24.4 Å². The number of aliphatic hydroxyl groups excluding tert-OH is 3. The molecule has 1 fully saturated rings. The predicted octanol–water partition coefficient (Wildman–Crippen LogP) is 0.957. The minimum atomic E-state index is -2.67. The summed E-state index contributed by atoms with van der Waals surface area (Å²) in [6.07, 6.45) is -2.75. The smallest absolute Gasteiger partial charge is 0.302 e. The topological polar surface area (TPSA) is 151 Å². The summed E-state index contributed by atoms with van der Waals surface area (Å²) < 4.78 is 21.4. The quantitative estimate of drug-likeness (QED) is 0.236. The van der Waals surface area contributed by atoms with E-state index in [0.717, 1.165) is 29.7 Å². The van der Waals surface area contributed by atoms with Gasteiger partial charge in [-0.1, -0.05) is 18.2 Å². The number of nitrogens with one attached hydrogen (secondary N) is 1. The average molecular weight is 500 g/mol. The summed E-state index contributed by atoms with van der Waals surface area (Å²) in [4.78, 5) is 14.3. The molecule has 1 aromatic heterocycles. The number of aromatic nitrogens is 1. The zero-order valence-electron chi connectivity index (χ0n) is 19.7. The van der Waals surface area contributed by atoms with Gasteiger partial charge in [-0.25, -0.2) is 0 Å². The fourth-order valence-corrected chi connectivity index (χ4v) is 4.74. The Hall–Kier alpha value is -3.15. The van der Waals surface area contributed by atoms with Gasteiger partial charge in [-0.05, 0) is 47.7 Å². The Morgan fingerprint density at radius 2 is 2.03 bits per heavy atom. The molecule has 0 saturated carbocycles. The van der Waals surface area contributed by atoms with Crippen molar-refractivity contribution in [1.29, 1.82) is 0 Å². The number of carbonyl (C=O) groups excluding carboxylic acids is 1. The van der Waals surface area contributed by atoms with Gasteiger partial charge in [0, 0.05) is 30.4 Å². The van der Waals surface area contributed by atoms with Gasteiger partial charge in [0.2, 0.25) is 6.29 Å². The Balaban J connectivity index is 1.36. The number of ether oxygens (including phenoxy) is 4. The van der Waals surface area contributed by atoms with Crippen LogP contribution in [-0.4, -0.2) is 75.0 Å². The van der Waals surface area contributed by atoms with Crippen LogP contribution in [0.4, 0.5) is 0 Å². The lowest BCUT2D eigenvalue weighted by Crippen LogP contribution is -2.69.